The number of rotatable bonds is 6. The second-order valence-corrected chi connectivity index (χ2v) is 10.2. The molecule has 1 atom stereocenters. The van der Waals surface area contributed by atoms with Gasteiger partial charge in [0.05, 0.1) is 6.10 Å². The van der Waals surface area contributed by atoms with Crippen molar-refractivity contribution in [2.75, 3.05) is 11.9 Å². The lowest BCUT2D eigenvalue weighted by atomic mass is 10.0. The van der Waals surface area contributed by atoms with Crippen LogP contribution in [0.3, 0.4) is 0 Å². The van der Waals surface area contributed by atoms with E-state index in [1.165, 1.54) is 11.2 Å². The monoisotopic (exact) mass is 416 g/mol. The number of nitrogens with one attached hydrogen (secondary N) is 1. The zero-order chi connectivity index (χ0) is 21.1. The minimum atomic E-state index is -3.81. The molecular formula is C22H28N2O4S. The molecule has 7 heteroatoms. The molecule has 29 heavy (non-hydrogen) atoms. The van der Waals surface area contributed by atoms with E-state index in [2.05, 4.69) is 5.32 Å². The van der Waals surface area contributed by atoms with Crippen LogP contribution in [-0.4, -0.2) is 36.0 Å². The topological polar surface area (TPSA) is 75.7 Å². The van der Waals surface area contributed by atoms with Gasteiger partial charge in [0, 0.05) is 18.8 Å². The molecule has 6 nitrogen and oxygen atoms in total. The van der Waals surface area contributed by atoms with Crippen LogP contribution in [0.15, 0.2) is 54.6 Å². The van der Waals surface area contributed by atoms with Crippen molar-refractivity contribution in [2.24, 2.45) is 0 Å². The quantitative estimate of drug-likeness (QED) is 0.777. The highest BCUT2D eigenvalue weighted by molar-refractivity contribution is 7.91. The highest BCUT2D eigenvalue weighted by Gasteiger charge is 2.51. The van der Waals surface area contributed by atoms with E-state index in [0.717, 1.165) is 5.56 Å². The summed E-state index contributed by atoms with van der Waals surface area (Å²) < 4.78 is 32.1. The Kier molecular flexibility index (Phi) is 6.29. The summed E-state index contributed by atoms with van der Waals surface area (Å²) in [6.45, 7) is 6.08. The van der Waals surface area contributed by atoms with Crippen LogP contribution in [0.25, 0.3) is 0 Å². The number of sulfonamides is 1. The lowest BCUT2D eigenvalue weighted by Crippen LogP contribution is -2.56. The molecule has 0 saturated carbocycles. The molecule has 1 aliphatic rings. The van der Waals surface area contributed by atoms with Crippen LogP contribution in [-0.2, 0) is 21.4 Å². The maximum absolute atomic E-state index is 13.3. The third kappa shape index (κ3) is 4.62. The first-order valence-corrected chi connectivity index (χ1v) is 11.3. The van der Waals surface area contributed by atoms with Crippen LogP contribution in [0.2, 0.25) is 0 Å². The zero-order valence-corrected chi connectivity index (χ0v) is 17.9. The van der Waals surface area contributed by atoms with E-state index in [1.54, 1.807) is 24.3 Å². The Morgan fingerprint density at radius 3 is 2.41 bits per heavy atom. The SMILES string of the molecule is CC(C)Oc1ccc(NC(=O)C2(C)CCCN(Cc3ccccc3)S2(=O)=O)cc1. The summed E-state index contributed by atoms with van der Waals surface area (Å²) in [5.74, 6) is 0.191. The molecule has 0 aromatic heterocycles. The Hall–Kier alpha value is -2.38. The Labute approximate surface area is 172 Å². The molecule has 0 radical (unpaired) electrons. The van der Waals surface area contributed by atoms with E-state index in [1.807, 2.05) is 44.2 Å². The first-order valence-electron chi connectivity index (χ1n) is 9.84. The number of ether oxygens (including phenoxy) is 1. The van der Waals surface area contributed by atoms with Crippen LogP contribution < -0.4 is 10.1 Å². The van der Waals surface area contributed by atoms with Gasteiger partial charge in [0.25, 0.3) is 0 Å². The molecule has 0 bridgehead atoms. The maximum Gasteiger partial charge on any atom is 0.246 e. The molecule has 1 fully saturated rings. The number of carbonyl (C=O) groups excluding carboxylic acids is 1. The van der Waals surface area contributed by atoms with E-state index >= 15 is 0 Å². The van der Waals surface area contributed by atoms with Gasteiger partial charge in [-0.1, -0.05) is 30.3 Å². The van der Waals surface area contributed by atoms with Crippen LogP contribution in [0, 0.1) is 0 Å². The second kappa shape index (κ2) is 8.55. The predicted octanol–water partition coefficient (Wildman–Crippen LogP) is 3.80. The lowest BCUT2D eigenvalue weighted by molar-refractivity contribution is -0.118. The zero-order valence-electron chi connectivity index (χ0n) is 17.1. The van der Waals surface area contributed by atoms with Crippen molar-refractivity contribution in [1.29, 1.82) is 0 Å². The van der Waals surface area contributed by atoms with E-state index in [9.17, 15) is 13.2 Å². The summed E-state index contributed by atoms with van der Waals surface area (Å²) in [4.78, 5) is 13.0. The maximum atomic E-state index is 13.3. The van der Waals surface area contributed by atoms with Gasteiger partial charge >= 0.3 is 0 Å². The summed E-state index contributed by atoms with van der Waals surface area (Å²) in [5.41, 5.74) is 1.45. The first kappa shape index (κ1) is 21.3. The van der Waals surface area contributed by atoms with Gasteiger partial charge in [-0.05, 0) is 63.4 Å². The van der Waals surface area contributed by atoms with Crippen LogP contribution in [0.1, 0.15) is 39.2 Å². The van der Waals surface area contributed by atoms with Crippen molar-refractivity contribution < 1.29 is 17.9 Å². The fourth-order valence-corrected chi connectivity index (χ4v) is 5.41. The summed E-state index contributed by atoms with van der Waals surface area (Å²) in [6.07, 6.45) is 0.982. The normalized spacial score (nSPS) is 21.7. The molecule has 1 aliphatic heterocycles. The van der Waals surface area contributed by atoms with E-state index in [0.29, 0.717) is 30.8 Å². The van der Waals surface area contributed by atoms with Gasteiger partial charge in [-0.3, -0.25) is 4.79 Å². The second-order valence-electron chi connectivity index (χ2n) is 7.80. The molecule has 1 N–H and O–H groups in total. The molecule has 3 rings (SSSR count). The van der Waals surface area contributed by atoms with Crippen molar-refractivity contribution in [2.45, 2.75) is 51.0 Å². The molecule has 1 unspecified atom stereocenters. The largest absolute Gasteiger partial charge is 0.491 e. The van der Waals surface area contributed by atoms with Gasteiger partial charge in [0.1, 0.15) is 5.75 Å². The third-order valence-electron chi connectivity index (χ3n) is 5.14. The highest BCUT2D eigenvalue weighted by Crippen LogP contribution is 2.34. The highest BCUT2D eigenvalue weighted by atomic mass is 32.2. The Morgan fingerprint density at radius 2 is 1.79 bits per heavy atom. The number of carbonyl (C=O) groups is 1. The first-order chi connectivity index (χ1) is 13.7. The van der Waals surface area contributed by atoms with Gasteiger partial charge in [0.15, 0.2) is 4.75 Å². The van der Waals surface area contributed by atoms with E-state index in [4.69, 9.17) is 4.74 Å². The molecule has 2 aromatic rings. The Bertz CT molecular complexity index is 943. The van der Waals surface area contributed by atoms with Crippen LogP contribution >= 0.6 is 0 Å². The van der Waals surface area contributed by atoms with Crippen molar-refractivity contribution >= 4 is 21.6 Å². The van der Waals surface area contributed by atoms with Gasteiger partial charge in [-0.25, -0.2) is 8.42 Å². The fourth-order valence-electron chi connectivity index (χ4n) is 3.46. The minimum absolute atomic E-state index is 0.0531. The van der Waals surface area contributed by atoms with Crippen LogP contribution in [0.4, 0.5) is 5.69 Å². The molecule has 1 amide bonds. The number of hydrogen-bond acceptors (Lipinski definition) is 4. The molecular weight excluding hydrogens is 388 g/mol. The smallest absolute Gasteiger partial charge is 0.246 e. The summed E-state index contributed by atoms with van der Waals surface area (Å²) >= 11 is 0. The van der Waals surface area contributed by atoms with Crippen molar-refractivity contribution in [1.82, 2.24) is 4.31 Å². The van der Waals surface area contributed by atoms with E-state index < -0.39 is 20.7 Å². The summed E-state index contributed by atoms with van der Waals surface area (Å²) in [7, 11) is -3.81. The number of anilines is 1. The summed E-state index contributed by atoms with van der Waals surface area (Å²) in [6, 6.07) is 16.4. The number of benzene rings is 2. The molecule has 0 aliphatic carbocycles. The van der Waals surface area contributed by atoms with E-state index in [-0.39, 0.29) is 12.6 Å². The molecule has 2 aromatic carbocycles. The lowest BCUT2D eigenvalue weighted by Gasteiger charge is -2.38. The van der Waals surface area contributed by atoms with Gasteiger partial charge < -0.3 is 10.1 Å². The van der Waals surface area contributed by atoms with Crippen molar-refractivity contribution in [3.05, 3.63) is 60.2 Å². The molecule has 0 spiro atoms. The number of hydrogen-bond donors (Lipinski definition) is 1. The van der Waals surface area contributed by atoms with Gasteiger partial charge in [0.2, 0.25) is 15.9 Å². The predicted molar refractivity (Wildman–Crippen MR) is 114 cm³/mol. The van der Waals surface area contributed by atoms with Crippen molar-refractivity contribution in [3.63, 3.8) is 0 Å². The standard InChI is InChI=1S/C22H28N2O4S/c1-17(2)28-20-12-10-19(11-13-20)23-21(25)22(3)14-7-15-24(29(22,26)27)16-18-8-5-4-6-9-18/h4-6,8-13,17H,7,14-16H2,1-3H3,(H,23,25). The third-order valence-corrected chi connectivity index (χ3v) is 7.66. The fraction of sp³-hybridized carbons (Fsp3) is 0.409. The minimum Gasteiger partial charge on any atom is -0.491 e. The molecule has 156 valence electrons. The number of amides is 1. The van der Waals surface area contributed by atoms with Gasteiger partial charge in [-0.15, -0.1) is 0 Å². The number of nitrogens with zero attached hydrogens (tertiary/aromatic N) is 1. The van der Waals surface area contributed by atoms with Crippen LogP contribution in [0.5, 0.6) is 5.75 Å². The average molecular weight is 417 g/mol. The molecule has 1 heterocycles. The Morgan fingerprint density at radius 1 is 1.14 bits per heavy atom. The molecule has 1 saturated heterocycles. The van der Waals surface area contributed by atoms with Gasteiger partial charge in [-0.2, -0.15) is 4.31 Å². The Balaban J connectivity index is 1.76. The average Bonchev–Trinajstić information content (AvgIpc) is 2.67. The summed E-state index contributed by atoms with van der Waals surface area (Å²) in [5, 5.41) is 2.77. The van der Waals surface area contributed by atoms with Crippen molar-refractivity contribution in [3.8, 4) is 5.75 Å².